The van der Waals surface area contributed by atoms with Crippen LogP contribution in [0.25, 0.3) is 11.0 Å². The summed E-state index contributed by atoms with van der Waals surface area (Å²) in [5, 5.41) is 0.612. The van der Waals surface area contributed by atoms with Gasteiger partial charge in [0.2, 0.25) is 5.76 Å². The van der Waals surface area contributed by atoms with Crippen molar-refractivity contribution in [2.75, 3.05) is 25.5 Å². The Morgan fingerprint density at radius 3 is 2.45 bits per heavy atom. The van der Waals surface area contributed by atoms with E-state index in [-0.39, 0.29) is 17.3 Å². The molecule has 3 aromatic rings. The maximum Gasteiger partial charge on any atom is 0.374 e. The third-order valence-corrected chi connectivity index (χ3v) is 5.69. The fourth-order valence-electron chi connectivity index (χ4n) is 2.87. The van der Waals surface area contributed by atoms with Crippen LogP contribution >= 0.6 is 0 Å². The summed E-state index contributed by atoms with van der Waals surface area (Å²) in [6, 6.07) is 9.07. The number of nitrogens with one attached hydrogen (secondary N) is 1. The van der Waals surface area contributed by atoms with E-state index in [1.54, 1.807) is 32.0 Å². The summed E-state index contributed by atoms with van der Waals surface area (Å²) in [5.74, 6) is 0.263. The van der Waals surface area contributed by atoms with E-state index in [0.717, 1.165) is 0 Å². The number of fused-ring (bicyclic) bond motifs is 1. The molecule has 1 aromatic heterocycles. The quantitative estimate of drug-likeness (QED) is 0.582. The molecule has 0 fully saturated rings. The second-order valence-corrected chi connectivity index (χ2v) is 7.79. The molecule has 0 aliphatic carbocycles. The highest BCUT2D eigenvalue weighted by Crippen LogP contribution is 2.32. The van der Waals surface area contributed by atoms with Gasteiger partial charge in [-0.1, -0.05) is 0 Å². The van der Waals surface area contributed by atoms with E-state index in [9.17, 15) is 13.2 Å². The van der Waals surface area contributed by atoms with Crippen molar-refractivity contribution in [1.29, 1.82) is 0 Å². The lowest BCUT2D eigenvalue weighted by atomic mass is 10.1. The molecule has 0 radical (unpaired) electrons. The smallest absolute Gasteiger partial charge is 0.374 e. The van der Waals surface area contributed by atoms with Gasteiger partial charge in [0.15, 0.2) is 11.5 Å². The molecule has 0 aliphatic rings. The lowest BCUT2D eigenvalue weighted by molar-refractivity contribution is 0.0491. The number of anilines is 1. The Morgan fingerprint density at radius 2 is 1.79 bits per heavy atom. The summed E-state index contributed by atoms with van der Waals surface area (Å²) in [6.07, 6.45) is 0. The van der Waals surface area contributed by atoms with Gasteiger partial charge < -0.3 is 18.6 Å². The third-order valence-electron chi connectivity index (χ3n) is 4.31. The molecule has 8 nitrogen and oxygen atoms in total. The number of rotatable bonds is 7. The molecule has 9 heteroatoms. The number of ether oxygens (including phenoxy) is 3. The van der Waals surface area contributed by atoms with E-state index >= 15 is 0 Å². The minimum atomic E-state index is -3.88. The monoisotopic (exact) mass is 419 g/mol. The van der Waals surface area contributed by atoms with Crippen molar-refractivity contribution < 1.29 is 31.8 Å². The first kappa shape index (κ1) is 20.5. The predicted molar refractivity (Wildman–Crippen MR) is 107 cm³/mol. The summed E-state index contributed by atoms with van der Waals surface area (Å²) < 4.78 is 48.9. The van der Waals surface area contributed by atoms with E-state index in [2.05, 4.69) is 4.72 Å². The van der Waals surface area contributed by atoms with E-state index in [4.69, 9.17) is 18.6 Å². The lowest BCUT2D eigenvalue weighted by Crippen LogP contribution is -2.13. The van der Waals surface area contributed by atoms with Gasteiger partial charge in [-0.05, 0) is 44.2 Å². The van der Waals surface area contributed by atoms with Crippen molar-refractivity contribution in [3.63, 3.8) is 0 Å². The molecule has 0 aliphatic heterocycles. The van der Waals surface area contributed by atoms with Gasteiger partial charge in [-0.15, -0.1) is 0 Å². The molecular weight excluding hydrogens is 398 g/mol. The zero-order valence-corrected chi connectivity index (χ0v) is 17.3. The molecule has 0 bridgehead atoms. The summed E-state index contributed by atoms with van der Waals surface area (Å²) >= 11 is 0. The standard InChI is InChI=1S/C20H21NO7S/c1-5-27-20(22)19-12(2)15-10-13(6-8-16(15)28-19)21-29(23,24)14-7-9-17(25-3)18(11-14)26-4/h6-11,21H,5H2,1-4H3. The first-order valence-electron chi connectivity index (χ1n) is 8.75. The highest BCUT2D eigenvalue weighted by Gasteiger charge is 2.21. The summed E-state index contributed by atoms with van der Waals surface area (Å²) in [7, 11) is -0.980. The van der Waals surface area contributed by atoms with E-state index in [1.807, 2.05) is 0 Å². The normalized spacial score (nSPS) is 11.3. The molecule has 154 valence electrons. The maximum absolute atomic E-state index is 12.8. The molecule has 1 N–H and O–H groups in total. The fourth-order valence-corrected chi connectivity index (χ4v) is 3.94. The summed E-state index contributed by atoms with van der Waals surface area (Å²) in [4.78, 5) is 12.0. The Bertz CT molecular complexity index is 1170. The maximum atomic E-state index is 12.8. The summed E-state index contributed by atoms with van der Waals surface area (Å²) in [5.41, 5.74) is 1.36. The largest absolute Gasteiger partial charge is 0.493 e. The van der Waals surface area contributed by atoms with Crippen LogP contribution in [0.5, 0.6) is 11.5 Å². The lowest BCUT2D eigenvalue weighted by Gasteiger charge is -2.11. The Balaban J connectivity index is 1.95. The van der Waals surface area contributed by atoms with Gasteiger partial charge in [-0.2, -0.15) is 0 Å². The average Bonchev–Trinajstić information content (AvgIpc) is 3.03. The van der Waals surface area contributed by atoms with Crippen molar-refractivity contribution in [3.8, 4) is 11.5 Å². The first-order valence-corrected chi connectivity index (χ1v) is 10.2. The van der Waals surface area contributed by atoms with Gasteiger partial charge >= 0.3 is 5.97 Å². The van der Waals surface area contributed by atoms with Crippen LogP contribution in [0.4, 0.5) is 5.69 Å². The molecule has 29 heavy (non-hydrogen) atoms. The van der Waals surface area contributed by atoms with Gasteiger partial charge in [-0.3, -0.25) is 4.72 Å². The molecule has 0 saturated carbocycles. The fraction of sp³-hybridized carbons (Fsp3) is 0.250. The van der Waals surface area contributed by atoms with Crippen LogP contribution in [0.15, 0.2) is 45.7 Å². The zero-order valence-electron chi connectivity index (χ0n) is 16.4. The number of carbonyl (C=O) groups is 1. The van der Waals surface area contributed by atoms with Gasteiger partial charge in [0.05, 0.1) is 25.7 Å². The number of carbonyl (C=O) groups excluding carboxylic acids is 1. The Kier molecular flexibility index (Phi) is 5.69. The number of aryl methyl sites for hydroxylation is 1. The second kappa shape index (κ2) is 8.04. The molecule has 3 rings (SSSR count). The van der Waals surface area contributed by atoms with Crippen LogP contribution in [-0.2, 0) is 14.8 Å². The summed E-state index contributed by atoms with van der Waals surface area (Å²) in [6.45, 7) is 3.65. The Labute approximate surface area is 168 Å². The molecule has 0 unspecified atom stereocenters. The molecule has 1 heterocycles. The number of esters is 1. The topological polar surface area (TPSA) is 104 Å². The second-order valence-electron chi connectivity index (χ2n) is 6.11. The van der Waals surface area contributed by atoms with Crippen LogP contribution < -0.4 is 14.2 Å². The van der Waals surface area contributed by atoms with Gasteiger partial charge in [-0.25, -0.2) is 13.2 Å². The van der Waals surface area contributed by atoms with Crippen LogP contribution in [0, 0.1) is 6.92 Å². The molecule has 0 atom stereocenters. The molecule has 2 aromatic carbocycles. The van der Waals surface area contributed by atoms with Crippen LogP contribution in [0.3, 0.4) is 0 Å². The third kappa shape index (κ3) is 4.00. The molecule has 0 amide bonds. The number of furan rings is 1. The van der Waals surface area contributed by atoms with E-state index < -0.39 is 16.0 Å². The van der Waals surface area contributed by atoms with Crippen LogP contribution in [-0.4, -0.2) is 35.2 Å². The predicted octanol–water partition coefficient (Wildman–Crippen LogP) is 3.74. The molecule has 0 saturated heterocycles. The zero-order chi connectivity index (χ0) is 21.2. The van der Waals surface area contributed by atoms with Gasteiger partial charge in [0, 0.05) is 22.7 Å². The van der Waals surface area contributed by atoms with Crippen molar-refractivity contribution in [2.45, 2.75) is 18.7 Å². The number of benzene rings is 2. The van der Waals surface area contributed by atoms with E-state index in [1.165, 1.54) is 32.4 Å². The molecule has 0 spiro atoms. The van der Waals surface area contributed by atoms with Gasteiger partial charge in [0.25, 0.3) is 10.0 Å². The van der Waals surface area contributed by atoms with Crippen LogP contribution in [0.1, 0.15) is 23.0 Å². The van der Waals surface area contributed by atoms with Gasteiger partial charge in [0.1, 0.15) is 5.58 Å². The number of methoxy groups -OCH3 is 2. The molecular formula is C20H21NO7S. The Hall–Kier alpha value is -3.20. The number of hydrogen-bond donors (Lipinski definition) is 1. The van der Waals surface area contributed by atoms with Crippen LogP contribution in [0.2, 0.25) is 0 Å². The Morgan fingerprint density at radius 1 is 1.07 bits per heavy atom. The minimum absolute atomic E-state index is 0.0198. The first-order chi connectivity index (χ1) is 13.8. The highest BCUT2D eigenvalue weighted by atomic mass is 32.2. The highest BCUT2D eigenvalue weighted by molar-refractivity contribution is 7.92. The van der Waals surface area contributed by atoms with Crippen molar-refractivity contribution in [2.24, 2.45) is 0 Å². The number of hydrogen-bond acceptors (Lipinski definition) is 7. The van der Waals surface area contributed by atoms with Crippen molar-refractivity contribution in [3.05, 3.63) is 47.7 Å². The van der Waals surface area contributed by atoms with E-state index in [0.29, 0.717) is 33.7 Å². The average molecular weight is 419 g/mol. The van der Waals surface area contributed by atoms with Crippen molar-refractivity contribution in [1.82, 2.24) is 0 Å². The van der Waals surface area contributed by atoms with Crippen molar-refractivity contribution >= 4 is 32.6 Å². The minimum Gasteiger partial charge on any atom is -0.493 e. The SMILES string of the molecule is CCOC(=O)c1oc2ccc(NS(=O)(=O)c3ccc(OC)c(OC)c3)cc2c1C. The number of sulfonamides is 1.